The average molecular weight is 290 g/mol. The maximum absolute atomic E-state index is 12.5. The zero-order valence-electron chi connectivity index (χ0n) is 12.6. The number of nitrogens with zero attached hydrogens (tertiary/aromatic N) is 1. The third-order valence-corrected chi connectivity index (χ3v) is 4.14. The molecule has 0 spiro atoms. The third kappa shape index (κ3) is 3.54. The fourth-order valence-electron chi connectivity index (χ4n) is 2.68. The molecule has 0 radical (unpaired) electrons. The lowest BCUT2D eigenvalue weighted by atomic mass is 10.1. The first-order chi connectivity index (χ1) is 10.0. The van der Waals surface area contributed by atoms with Crippen molar-refractivity contribution in [1.29, 1.82) is 0 Å². The molecule has 5 heteroatoms. The Morgan fingerprint density at radius 3 is 2.71 bits per heavy atom. The number of amides is 2. The van der Waals surface area contributed by atoms with Gasteiger partial charge >= 0.3 is 12.0 Å². The van der Waals surface area contributed by atoms with Gasteiger partial charge < -0.3 is 15.3 Å². The summed E-state index contributed by atoms with van der Waals surface area (Å²) in [5.41, 5.74) is 2.85. The van der Waals surface area contributed by atoms with Crippen molar-refractivity contribution in [3.8, 4) is 0 Å². The van der Waals surface area contributed by atoms with Crippen molar-refractivity contribution in [2.45, 2.75) is 45.6 Å². The first-order valence-corrected chi connectivity index (χ1v) is 7.37. The second-order valence-electron chi connectivity index (χ2n) is 5.57. The molecular formula is C16H22N2O3. The summed E-state index contributed by atoms with van der Waals surface area (Å²) >= 11 is 0. The van der Waals surface area contributed by atoms with E-state index in [4.69, 9.17) is 0 Å². The summed E-state index contributed by atoms with van der Waals surface area (Å²) in [6.45, 7) is 4.42. The van der Waals surface area contributed by atoms with Gasteiger partial charge in [-0.15, -0.1) is 0 Å². The topological polar surface area (TPSA) is 69.6 Å². The highest BCUT2D eigenvalue weighted by molar-refractivity contribution is 5.93. The Hall–Kier alpha value is -2.04. The molecule has 0 aromatic heterocycles. The van der Waals surface area contributed by atoms with Gasteiger partial charge in [0.05, 0.1) is 0 Å². The van der Waals surface area contributed by atoms with Crippen molar-refractivity contribution < 1.29 is 14.7 Å². The lowest BCUT2D eigenvalue weighted by Crippen LogP contribution is -2.46. The van der Waals surface area contributed by atoms with Crippen LogP contribution in [0.5, 0.6) is 0 Å². The molecule has 1 saturated heterocycles. The number of nitrogens with one attached hydrogen (secondary N) is 1. The second kappa shape index (κ2) is 6.61. The standard InChI is InChI=1S/C16H22N2O3/c1-11-7-6-8-13(12(11)2)17-16(21)18-10-5-3-4-9-14(18)15(19)20/h6-8,14H,3-5,9-10H2,1-2H3,(H,17,21)(H,19,20). The molecule has 2 N–H and O–H groups in total. The number of aryl methyl sites for hydroxylation is 1. The number of hydrogen-bond acceptors (Lipinski definition) is 2. The highest BCUT2D eigenvalue weighted by atomic mass is 16.4. The van der Waals surface area contributed by atoms with Crippen LogP contribution in [0.1, 0.15) is 36.8 Å². The molecule has 2 rings (SSSR count). The minimum absolute atomic E-state index is 0.321. The predicted octanol–water partition coefficient (Wildman–Crippen LogP) is 3.16. The molecule has 1 fully saturated rings. The molecule has 5 nitrogen and oxygen atoms in total. The van der Waals surface area contributed by atoms with Crippen molar-refractivity contribution in [1.82, 2.24) is 4.90 Å². The summed E-state index contributed by atoms with van der Waals surface area (Å²) in [5, 5.41) is 12.2. The van der Waals surface area contributed by atoms with E-state index in [1.807, 2.05) is 32.0 Å². The van der Waals surface area contributed by atoms with E-state index in [1.54, 1.807) is 0 Å². The number of aliphatic carboxylic acids is 1. The van der Waals surface area contributed by atoms with Crippen molar-refractivity contribution in [3.63, 3.8) is 0 Å². The Morgan fingerprint density at radius 1 is 1.24 bits per heavy atom. The van der Waals surface area contributed by atoms with Gasteiger partial charge in [-0.25, -0.2) is 9.59 Å². The second-order valence-corrected chi connectivity index (χ2v) is 5.57. The van der Waals surface area contributed by atoms with Crippen LogP contribution in [-0.2, 0) is 4.79 Å². The summed E-state index contributed by atoms with van der Waals surface area (Å²) < 4.78 is 0. The van der Waals surface area contributed by atoms with Crippen molar-refractivity contribution in [2.75, 3.05) is 11.9 Å². The lowest BCUT2D eigenvalue weighted by molar-refractivity contribution is -0.142. The number of carboxylic acid groups (broad SMARTS) is 1. The molecule has 1 heterocycles. The van der Waals surface area contributed by atoms with Crippen LogP contribution in [0, 0.1) is 13.8 Å². The Bertz CT molecular complexity index is 542. The van der Waals surface area contributed by atoms with E-state index in [2.05, 4.69) is 5.32 Å². The molecule has 0 bridgehead atoms. The summed E-state index contributed by atoms with van der Waals surface area (Å²) in [6.07, 6.45) is 3.20. The molecule has 1 atom stereocenters. The van der Waals surface area contributed by atoms with Gasteiger partial charge in [0.25, 0.3) is 0 Å². The number of urea groups is 1. The summed E-state index contributed by atoms with van der Waals surface area (Å²) in [7, 11) is 0. The number of carboxylic acids is 1. The number of carbonyl (C=O) groups excluding carboxylic acids is 1. The van der Waals surface area contributed by atoms with Gasteiger partial charge in [0, 0.05) is 12.2 Å². The van der Waals surface area contributed by atoms with E-state index >= 15 is 0 Å². The van der Waals surface area contributed by atoms with Crippen LogP contribution in [0.4, 0.5) is 10.5 Å². The highest BCUT2D eigenvalue weighted by Gasteiger charge is 2.30. The van der Waals surface area contributed by atoms with E-state index in [9.17, 15) is 14.7 Å². The molecule has 1 aromatic rings. The zero-order valence-corrected chi connectivity index (χ0v) is 12.6. The maximum atomic E-state index is 12.5. The average Bonchev–Trinajstić information content (AvgIpc) is 2.69. The monoisotopic (exact) mass is 290 g/mol. The van der Waals surface area contributed by atoms with E-state index in [0.717, 1.165) is 36.1 Å². The zero-order chi connectivity index (χ0) is 15.4. The fourth-order valence-corrected chi connectivity index (χ4v) is 2.68. The number of anilines is 1. The van der Waals surface area contributed by atoms with Gasteiger partial charge in [-0.05, 0) is 43.9 Å². The summed E-state index contributed by atoms with van der Waals surface area (Å²) in [5.74, 6) is -0.923. The van der Waals surface area contributed by atoms with Gasteiger partial charge in [-0.2, -0.15) is 0 Å². The molecule has 1 aromatic carbocycles. The van der Waals surface area contributed by atoms with E-state index in [0.29, 0.717) is 13.0 Å². The van der Waals surface area contributed by atoms with Crippen LogP contribution in [0.25, 0.3) is 0 Å². The van der Waals surface area contributed by atoms with Crippen LogP contribution >= 0.6 is 0 Å². The van der Waals surface area contributed by atoms with Gasteiger partial charge in [0.1, 0.15) is 6.04 Å². The SMILES string of the molecule is Cc1cccc(NC(=O)N2CCCCCC2C(=O)O)c1C. The van der Waals surface area contributed by atoms with Crippen LogP contribution in [0.2, 0.25) is 0 Å². The normalized spacial score (nSPS) is 19.0. The summed E-state index contributed by atoms with van der Waals surface area (Å²) in [4.78, 5) is 25.3. The molecule has 1 aliphatic heterocycles. The van der Waals surface area contributed by atoms with E-state index in [1.165, 1.54) is 4.90 Å². The Kier molecular flexibility index (Phi) is 4.83. The van der Waals surface area contributed by atoms with Crippen molar-refractivity contribution >= 4 is 17.7 Å². The first-order valence-electron chi connectivity index (χ1n) is 7.37. The molecule has 0 aliphatic carbocycles. The molecular weight excluding hydrogens is 268 g/mol. The molecule has 2 amide bonds. The van der Waals surface area contributed by atoms with Crippen LogP contribution in [0.3, 0.4) is 0 Å². The first kappa shape index (κ1) is 15.4. The van der Waals surface area contributed by atoms with Crippen molar-refractivity contribution in [2.24, 2.45) is 0 Å². The van der Waals surface area contributed by atoms with Gasteiger partial charge in [-0.1, -0.05) is 25.0 Å². The largest absolute Gasteiger partial charge is 0.480 e. The molecule has 1 unspecified atom stereocenters. The van der Waals surface area contributed by atoms with Crippen LogP contribution in [-0.4, -0.2) is 34.6 Å². The molecule has 1 aliphatic rings. The van der Waals surface area contributed by atoms with Gasteiger partial charge in [-0.3, -0.25) is 0 Å². The minimum atomic E-state index is -0.923. The number of hydrogen-bond donors (Lipinski definition) is 2. The summed E-state index contributed by atoms with van der Waals surface area (Å²) in [6, 6.07) is 4.66. The van der Waals surface area contributed by atoms with E-state index < -0.39 is 12.0 Å². The van der Waals surface area contributed by atoms with Gasteiger partial charge in [0.2, 0.25) is 0 Å². The maximum Gasteiger partial charge on any atom is 0.326 e. The Balaban J connectivity index is 2.17. The smallest absolute Gasteiger partial charge is 0.326 e. The molecule has 21 heavy (non-hydrogen) atoms. The quantitative estimate of drug-likeness (QED) is 0.879. The number of likely N-dealkylation sites (tertiary alicyclic amines) is 1. The lowest BCUT2D eigenvalue weighted by Gasteiger charge is -2.27. The van der Waals surface area contributed by atoms with E-state index in [-0.39, 0.29) is 6.03 Å². The minimum Gasteiger partial charge on any atom is -0.480 e. The number of carbonyl (C=O) groups is 2. The fraction of sp³-hybridized carbons (Fsp3) is 0.500. The van der Waals surface area contributed by atoms with Crippen LogP contribution < -0.4 is 5.32 Å². The third-order valence-electron chi connectivity index (χ3n) is 4.14. The molecule has 0 saturated carbocycles. The predicted molar refractivity (Wildman–Crippen MR) is 81.5 cm³/mol. The van der Waals surface area contributed by atoms with Crippen molar-refractivity contribution in [3.05, 3.63) is 29.3 Å². The molecule has 114 valence electrons. The number of benzene rings is 1. The Morgan fingerprint density at radius 2 is 2.00 bits per heavy atom. The Labute approximate surface area is 125 Å². The van der Waals surface area contributed by atoms with Gasteiger partial charge in [0.15, 0.2) is 0 Å². The van der Waals surface area contributed by atoms with Crippen LogP contribution in [0.15, 0.2) is 18.2 Å². The highest BCUT2D eigenvalue weighted by Crippen LogP contribution is 2.21. The number of rotatable bonds is 2.